The third kappa shape index (κ3) is 6.25. The highest BCUT2D eigenvalue weighted by Crippen LogP contribution is 2.18. The molecule has 20 heavy (non-hydrogen) atoms. The third-order valence-electron chi connectivity index (χ3n) is 3.44. The minimum Gasteiger partial charge on any atom is -0.215 e. The number of rotatable bonds is 9. The van der Waals surface area contributed by atoms with E-state index in [9.17, 15) is 8.42 Å². The standard InChI is InChI=1S/C15H24ClNO2S/c1-3-5-8-13(4-2)11-17-20(18,19)12-14-9-6-7-10-15(14)16/h6-7,9-10,13,17H,3-5,8,11-12H2,1-2H3/t13-/m1/s1. The van der Waals surface area contributed by atoms with Gasteiger partial charge in [0.25, 0.3) is 0 Å². The number of benzene rings is 1. The summed E-state index contributed by atoms with van der Waals surface area (Å²) in [5.41, 5.74) is 0.642. The zero-order valence-electron chi connectivity index (χ0n) is 12.2. The normalized spacial score (nSPS) is 13.3. The molecule has 3 nitrogen and oxygen atoms in total. The van der Waals surface area contributed by atoms with E-state index >= 15 is 0 Å². The molecule has 0 spiro atoms. The van der Waals surface area contributed by atoms with Crippen molar-refractivity contribution in [3.8, 4) is 0 Å². The van der Waals surface area contributed by atoms with E-state index in [1.54, 1.807) is 24.3 Å². The third-order valence-corrected chi connectivity index (χ3v) is 5.10. The number of nitrogens with one attached hydrogen (secondary N) is 1. The van der Waals surface area contributed by atoms with Gasteiger partial charge in [0.05, 0.1) is 5.75 Å². The van der Waals surface area contributed by atoms with E-state index < -0.39 is 10.0 Å². The number of sulfonamides is 1. The molecule has 0 heterocycles. The van der Waals surface area contributed by atoms with Crippen LogP contribution in [-0.2, 0) is 15.8 Å². The van der Waals surface area contributed by atoms with Crippen LogP contribution in [0.2, 0.25) is 5.02 Å². The second-order valence-electron chi connectivity index (χ2n) is 5.12. The lowest BCUT2D eigenvalue weighted by molar-refractivity contribution is 0.443. The van der Waals surface area contributed by atoms with Crippen molar-refractivity contribution in [1.82, 2.24) is 4.72 Å². The molecular weight excluding hydrogens is 294 g/mol. The van der Waals surface area contributed by atoms with Crippen molar-refractivity contribution >= 4 is 21.6 Å². The summed E-state index contributed by atoms with van der Waals surface area (Å²) < 4.78 is 26.9. The van der Waals surface area contributed by atoms with E-state index in [1.807, 2.05) is 0 Å². The van der Waals surface area contributed by atoms with Crippen molar-refractivity contribution in [2.24, 2.45) is 5.92 Å². The van der Waals surface area contributed by atoms with Gasteiger partial charge in [-0.3, -0.25) is 0 Å². The maximum absolute atomic E-state index is 12.1. The summed E-state index contributed by atoms with van der Waals surface area (Å²) in [4.78, 5) is 0. The first kappa shape index (κ1) is 17.5. The first-order chi connectivity index (χ1) is 9.48. The van der Waals surface area contributed by atoms with Crippen molar-refractivity contribution in [2.45, 2.75) is 45.3 Å². The highest BCUT2D eigenvalue weighted by Gasteiger charge is 2.15. The van der Waals surface area contributed by atoms with E-state index in [2.05, 4.69) is 18.6 Å². The summed E-state index contributed by atoms with van der Waals surface area (Å²) in [5, 5.41) is 0.496. The van der Waals surface area contributed by atoms with E-state index in [1.165, 1.54) is 0 Å². The average molecular weight is 318 g/mol. The maximum atomic E-state index is 12.1. The predicted molar refractivity (Wildman–Crippen MR) is 85.4 cm³/mol. The molecule has 5 heteroatoms. The lowest BCUT2D eigenvalue weighted by Gasteiger charge is -2.15. The Balaban J connectivity index is 2.55. The molecule has 0 fully saturated rings. The van der Waals surface area contributed by atoms with Crippen LogP contribution in [0.25, 0.3) is 0 Å². The second-order valence-corrected chi connectivity index (χ2v) is 7.33. The summed E-state index contributed by atoms with van der Waals surface area (Å²) in [6.07, 6.45) is 4.35. The maximum Gasteiger partial charge on any atom is 0.215 e. The molecule has 0 unspecified atom stereocenters. The summed E-state index contributed by atoms with van der Waals surface area (Å²) in [7, 11) is -3.32. The van der Waals surface area contributed by atoms with Gasteiger partial charge in [-0.15, -0.1) is 0 Å². The second kappa shape index (κ2) is 8.65. The highest BCUT2D eigenvalue weighted by molar-refractivity contribution is 7.88. The zero-order chi connectivity index (χ0) is 15.0. The van der Waals surface area contributed by atoms with Crippen molar-refractivity contribution in [3.63, 3.8) is 0 Å². The van der Waals surface area contributed by atoms with Crippen molar-refractivity contribution in [2.75, 3.05) is 6.54 Å². The number of unbranched alkanes of at least 4 members (excludes halogenated alkanes) is 1. The van der Waals surface area contributed by atoms with Crippen molar-refractivity contribution in [3.05, 3.63) is 34.9 Å². The highest BCUT2D eigenvalue weighted by atomic mass is 35.5. The fraction of sp³-hybridized carbons (Fsp3) is 0.600. The fourth-order valence-electron chi connectivity index (χ4n) is 2.06. The van der Waals surface area contributed by atoms with E-state index in [4.69, 9.17) is 11.6 Å². The minimum absolute atomic E-state index is 0.0586. The van der Waals surface area contributed by atoms with Gasteiger partial charge in [0.1, 0.15) is 0 Å². The van der Waals surface area contributed by atoms with Crippen LogP contribution < -0.4 is 4.72 Å². The molecule has 0 amide bonds. The van der Waals surface area contributed by atoms with Gasteiger partial charge in [-0.2, -0.15) is 0 Å². The molecule has 1 atom stereocenters. The summed E-state index contributed by atoms with van der Waals surface area (Å²) in [5.74, 6) is 0.354. The molecule has 0 aliphatic heterocycles. The van der Waals surface area contributed by atoms with Crippen LogP contribution in [0.3, 0.4) is 0 Å². The lowest BCUT2D eigenvalue weighted by atomic mass is 10.00. The van der Waals surface area contributed by atoms with Crippen LogP contribution in [0, 0.1) is 5.92 Å². The van der Waals surface area contributed by atoms with E-state index in [0.29, 0.717) is 23.0 Å². The molecular formula is C15H24ClNO2S. The van der Waals surface area contributed by atoms with Gasteiger partial charge in [-0.25, -0.2) is 13.1 Å². The molecule has 0 saturated carbocycles. The molecule has 1 aromatic rings. The van der Waals surface area contributed by atoms with Crippen LogP contribution in [-0.4, -0.2) is 15.0 Å². The van der Waals surface area contributed by atoms with Gasteiger partial charge in [-0.1, -0.05) is 62.9 Å². The molecule has 1 rings (SSSR count). The Hall–Kier alpha value is -0.580. The van der Waals surface area contributed by atoms with E-state index in [0.717, 1.165) is 25.7 Å². The SMILES string of the molecule is CCCC[C@@H](CC)CNS(=O)(=O)Cc1ccccc1Cl. The molecule has 0 saturated heterocycles. The molecule has 0 aliphatic rings. The summed E-state index contributed by atoms with van der Waals surface area (Å²) >= 11 is 6.00. The van der Waals surface area contributed by atoms with Crippen LogP contribution in [0.4, 0.5) is 0 Å². The topological polar surface area (TPSA) is 46.2 Å². The van der Waals surface area contributed by atoms with Gasteiger partial charge in [-0.05, 0) is 24.0 Å². The Labute approximate surface area is 127 Å². The molecule has 0 bridgehead atoms. The Kier molecular flexibility index (Phi) is 7.56. The molecule has 1 aromatic carbocycles. The largest absolute Gasteiger partial charge is 0.215 e. The van der Waals surface area contributed by atoms with Crippen molar-refractivity contribution in [1.29, 1.82) is 0 Å². The molecule has 0 aliphatic carbocycles. The van der Waals surface area contributed by atoms with Crippen LogP contribution in [0.1, 0.15) is 45.1 Å². The van der Waals surface area contributed by atoms with Crippen LogP contribution in [0.15, 0.2) is 24.3 Å². The summed E-state index contributed by atoms with van der Waals surface area (Å²) in [6.45, 7) is 4.76. The van der Waals surface area contributed by atoms with Gasteiger partial charge in [0.2, 0.25) is 10.0 Å². The Morgan fingerprint density at radius 3 is 2.55 bits per heavy atom. The fourth-order valence-corrected chi connectivity index (χ4v) is 3.59. The monoisotopic (exact) mass is 317 g/mol. The Morgan fingerprint density at radius 2 is 1.95 bits per heavy atom. The zero-order valence-corrected chi connectivity index (χ0v) is 13.8. The molecule has 114 valence electrons. The van der Waals surface area contributed by atoms with Crippen molar-refractivity contribution < 1.29 is 8.42 Å². The molecule has 0 radical (unpaired) electrons. The Morgan fingerprint density at radius 1 is 1.25 bits per heavy atom. The number of halogens is 1. The Bertz CT molecular complexity index is 502. The van der Waals surface area contributed by atoms with Gasteiger partial charge < -0.3 is 0 Å². The lowest BCUT2D eigenvalue weighted by Crippen LogP contribution is -2.30. The van der Waals surface area contributed by atoms with Gasteiger partial charge in [0.15, 0.2) is 0 Å². The van der Waals surface area contributed by atoms with Gasteiger partial charge in [0, 0.05) is 11.6 Å². The average Bonchev–Trinajstić information content (AvgIpc) is 2.41. The van der Waals surface area contributed by atoms with E-state index in [-0.39, 0.29) is 5.75 Å². The predicted octanol–water partition coefficient (Wildman–Crippen LogP) is 3.98. The minimum atomic E-state index is -3.32. The first-order valence-electron chi connectivity index (χ1n) is 7.19. The van der Waals surface area contributed by atoms with Gasteiger partial charge >= 0.3 is 0 Å². The quantitative estimate of drug-likeness (QED) is 0.749. The van der Waals surface area contributed by atoms with Crippen LogP contribution in [0.5, 0.6) is 0 Å². The molecule has 0 aromatic heterocycles. The first-order valence-corrected chi connectivity index (χ1v) is 9.22. The van der Waals surface area contributed by atoms with Crippen LogP contribution >= 0.6 is 11.6 Å². The number of hydrogen-bond acceptors (Lipinski definition) is 2. The summed E-state index contributed by atoms with van der Waals surface area (Å²) in [6, 6.07) is 7.05. The smallest absolute Gasteiger partial charge is 0.215 e. The molecule has 1 N–H and O–H groups in total. The number of hydrogen-bond donors (Lipinski definition) is 1.